The molecule has 1 unspecified atom stereocenters. The number of carbonyl (C=O) groups is 1. The van der Waals surface area contributed by atoms with Crippen molar-refractivity contribution in [2.75, 3.05) is 6.54 Å². The van der Waals surface area contributed by atoms with Crippen molar-refractivity contribution in [1.29, 1.82) is 0 Å². The van der Waals surface area contributed by atoms with E-state index in [0.717, 1.165) is 23.1 Å². The summed E-state index contributed by atoms with van der Waals surface area (Å²) in [5.41, 5.74) is 2.89. The minimum absolute atomic E-state index is 0.00899. The first-order chi connectivity index (χ1) is 7.54. The van der Waals surface area contributed by atoms with E-state index in [1.807, 2.05) is 39.0 Å². The molecule has 2 nitrogen and oxygen atoms in total. The molecule has 0 saturated carbocycles. The third-order valence-corrected chi connectivity index (χ3v) is 3.02. The predicted octanol–water partition coefficient (Wildman–Crippen LogP) is 3.05. The molecule has 0 fully saturated rings. The standard InChI is InChI=1S/C13H18ClNO/c1-4-11(14)8-15-13(16)12-6-5-9(2)7-10(12)3/h5-7,11H,4,8H2,1-3H3,(H,15,16). The second kappa shape index (κ2) is 5.90. The van der Waals surface area contributed by atoms with Crippen LogP contribution in [0.3, 0.4) is 0 Å². The van der Waals surface area contributed by atoms with E-state index in [4.69, 9.17) is 11.6 Å². The van der Waals surface area contributed by atoms with Crippen LogP contribution in [0.4, 0.5) is 0 Å². The number of hydrogen-bond acceptors (Lipinski definition) is 1. The molecular formula is C13H18ClNO. The van der Waals surface area contributed by atoms with Crippen LogP contribution in [0, 0.1) is 13.8 Å². The lowest BCUT2D eigenvalue weighted by molar-refractivity contribution is 0.0953. The Morgan fingerprint density at radius 1 is 1.44 bits per heavy atom. The van der Waals surface area contributed by atoms with Crippen LogP contribution >= 0.6 is 11.6 Å². The van der Waals surface area contributed by atoms with Gasteiger partial charge in [0, 0.05) is 12.1 Å². The third kappa shape index (κ3) is 3.53. The van der Waals surface area contributed by atoms with Gasteiger partial charge in [-0.3, -0.25) is 4.79 Å². The summed E-state index contributed by atoms with van der Waals surface area (Å²) >= 11 is 5.95. The highest BCUT2D eigenvalue weighted by Crippen LogP contribution is 2.10. The van der Waals surface area contributed by atoms with Gasteiger partial charge in [-0.2, -0.15) is 0 Å². The van der Waals surface area contributed by atoms with Gasteiger partial charge in [0.05, 0.1) is 5.38 Å². The number of alkyl halides is 1. The van der Waals surface area contributed by atoms with Gasteiger partial charge in [0.15, 0.2) is 0 Å². The molecule has 1 amide bonds. The van der Waals surface area contributed by atoms with E-state index in [-0.39, 0.29) is 11.3 Å². The van der Waals surface area contributed by atoms with E-state index < -0.39 is 0 Å². The van der Waals surface area contributed by atoms with E-state index in [0.29, 0.717) is 6.54 Å². The van der Waals surface area contributed by atoms with Crippen LogP contribution in [-0.4, -0.2) is 17.8 Å². The summed E-state index contributed by atoms with van der Waals surface area (Å²) in [7, 11) is 0. The van der Waals surface area contributed by atoms with Crippen LogP contribution in [0.5, 0.6) is 0 Å². The Morgan fingerprint density at radius 3 is 2.69 bits per heavy atom. The summed E-state index contributed by atoms with van der Waals surface area (Å²) < 4.78 is 0. The minimum atomic E-state index is -0.0448. The highest BCUT2D eigenvalue weighted by molar-refractivity contribution is 6.20. The zero-order valence-electron chi connectivity index (χ0n) is 10.0. The van der Waals surface area contributed by atoms with Crippen LogP contribution < -0.4 is 5.32 Å². The van der Waals surface area contributed by atoms with Crippen molar-refractivity contribution >= 4 is 17.5 Å². The maximum absolute atomic E-state index is 11.8. The van der Waals surface area contributed by atoms with E-state index in [2.05, 4.69) is 5.32 Å². The molecule has 0 saturated heterocycles. The maximum Gasteiger partial charge on any atom is 0.251 e. The van der Waals surface area contributed by atoms with Crippen LogP contribution in [0.2, 0.25) is 0 Å². The van der Waals surface area contributed by atoms with Gasteiger partial charge in [-0.25, -0.2) is 0 Å². The van der Waals surface area contributed by atoms with Gasteiger partial charge < -0.3 is 5.32 Å². The van der Waals surface area contributed by atoms with Gasteiger partial charge >= 0.3 is 0 Å². The molecule has 0 aliphatic rings. The summed E-state index contributed by atoms with van der Waals surface area (Å²) in [5, 5.41) is 2.85. The Hall–Kier alpha value is -1.02. The van der Waals surface area contributed by atoms with Crippen LogP contribution in [0.25, 0.3) is 0 Å². The van der Waals surface area contributed by atoms with Crippen molar-refractivity contribution in [3.8, 4) is 0 Å². The van der Waals surface area contributed by atoms with Crippen LogP contribution in [-0.2, 0) is 0 Å². The first-order valence-corrected chi connectivity index (χ1v) is 5.97. The number of halogens is 1. The van der Waals surface area contributed by atoms with Crippen molar-refractivity contribution < 1.29 is 4.79 Å². The number of hydrogen-bond donors (Lipinski definition) is 1. The van der Waals surface area contributed by atoms with E-state index in [9.17, 15) is 4.79 Å². The lowest BCUT2D eigenvalue weighted by atomic mass is 10.1. The van der Waals surface area contributed by atoms with Crippen molar-refractivity contribution in [3.05, 3.63) is 34.9 Å². The molecule has 16 heavy (non-hydrogen) atoms. The fourth-order valence-electron chi connectivity index (χ4n) is 1.51. The molecule has 3 heteroatoms. The third-order valence-electron chi connectivity index (χ3n) is 2.55. The highest BCUT2D eigenvalue weighted by Gasteiger charge is 2.10. The van der Waals surface area contributed by atoms with Crippen molar-refractivity contribution in [1.82, 2.24) is 5.32 Å². The van der Waals surface area contributed by atoms with Gasteiger partial charge in [-0.15, -0.1) is 11.6 Å². The minimum Gasteiger partial charge on any atom is -0.351 e. The van der Waals surface area contributed by atoms with Gasteiger partial charge in [0.1, 0.15) is 0 Å². The van der Waals surface area contributed by atoms with Crippen molar-refractivity contribution in [3.63, 3.8) is 0 Å². The molecule has 0 aromatic heterocycles. The number of carbonyl (C=O) groups excluding carboxylic acids is 1. The average Bonchev–Trinajstić information content (AvgIpc) is 2.25. The highest BCUT2D eigenvalue weighted by atomic mass is 35.5. The molecular weight excluding hydrogens is 222 g/mol. The zero-order valence-corrected chi connectivity index (χ0v) is 10.8. The molecule has 1 N–H and O–H groups in total. The van der Waals surface area contributed by atoms with Gasteiger partial charge in [-0.1, -0.05) is 24.6 Å². The second-order valence-corrected chi connectivity index (χ2v) is 4.65. The molecule has 88 valence electrons. The average molecular weight is 240 g/mol. The number of aryl methyl sites for hydroxylation is 2. The van der Waals surface area contributed by atoms with Gasteiger partial charge in [-0.05, 0) is 31.9 Å². The predicted molar refractivity (Wildman–Crippen MR) is 68.2 cm³/mol. The van der Waals surface area contributed by atoms with E-state index in [1.54, 1.807) is 0 Å². The number of amides is 1. The summed E-state index contributed by atoms with van der Waals surface area (Å²) in [4.78, 5) is 11.8. The molecule has 1 aromatic carbocycles. The molecule has 1 rings (SSSR count). The lowest BCUT2D eigenvalue weighted by Crippen LogP contribution is -2.29. The van der Waals surface area contributed by atoms with E-state index >= 15 is 0 Å². The smallest absolute Gasteiger partial charge is 0.251 e. The van der Waals surface area contributed by atoms with Crippen molar-refractivity contribution in [2.45, 2.75) is 32.6 Å². The lowest BCUT2D eigenvalue weighted by Gasteiger charge is -2.10. The Bertz CT molecular complexity index is 376. The van der Waals surface area contributed by atoms with Crippen molar-refractivity contribution in [2.24, 2.45) is 0 Å². The molecule has 1 aromatic rings. The normalized spacial score (nSPS) is 12.2. The Balaban J connectivity index is 2.66. The fraction of sp³-hybridized carbons (Fsp3) is 0.462. The number of nitrogens with one attached hydrogen (secondary N) is 1. The second-order valence-electron chi connectivity index (χ2n) is 4.03. The Morgan fingerprint density at radius 2 is 2.12 bits per heavy atom. The molecule has 0 aliphatic heterocycles. The fourth-order valence-corrected chi connectivity index (χ4v) is 1.59. The van der Waals surface area contributed by atoms with Crippen LogP contribution in [0.1, 0.15) is 34.8 Å². The number of benzene rings is 1. The van der Waals surface area contributed by atoms with E-state index in [1.165, 1.54) is 0 Å². The monoisotopic (exact) mass is 239 g/mol. The van der Waals surface area contributed by atoms with Crippen LogP contribution in [0.15, 0.2) is 18.2 Å². The molecule has 0 heterocycles. The topological polar surface area (TPSA) is 29.1 Å². The zero-order chi connectivity index (χ0) is 12.1. The first-order valence-electron chi connectivity index (χ1n) is 5.54. The van der Waals surface area contributed by atoms with Gasteiger partial charge in [0.25, 0.3) is 5.91 Å². The summed E-state index contributed by atoms with van der Waals surface area (Å²) in [6, 6.07) is 5.81. The largest absolute Gasteiger partial charge is 0.351 e. The summed E-state index contributed by atoms with van der Waals surface area (Å²) in [6.07, 6.45) is 0.856. The Kier molecular flexibility index (Phi) is 4.81. The summed E-state index contributed by atoms with van der Waals surface area (Å²) in [6.45, 7) is 6.48. The molecule has 0 spiro atoms. The number of rotatable bonds is 4. The first kappa shape index (κ1) is 13.0. The molecule has 0 aliphatic carbocycles. The molecule has 0 radical (unpaired) electrons. The molecule has 1 atom stereocenters. The quantitative estimate of drug-likeness (QED) is 0.804. The summed E-state index contributed by atoms with van der Waals surface area (Å²) in [5.74, 6) is -0.0448. The SMILES string of the molecule is CCC(Cl)CNC(=O)c1ccc(C)cc1C. The maximum atomic E-state index is 11.8. The Labute approximate surface area is 102 Å². The van der Waals surface area contributed by atoms with Gasteiger partial charge in [0.2, 0.25) is 0 Å². The molecule has 0 bridgehead atoms.